The maximum Gasteiger partial charge on any atom is 0.349 e. The zero-order valence-corrected chi connectivity index (χ0v) is 16.0. The number of carbonyl (C=O) groups excluding carboxylic acids is 1. The molecule has 0 fully saturated rings. The van der Waals surface area contributed by atoms with Crippen LogP contribution in [0.2, 0.25) is 0 Å². The summed E-state index contributed by atoms with van der Waals surface area (Å²) in [7, 11) is 1.77. The summed E-state index contributed by atoms with van der Waals surface area (Å²) in [5, 5.41) is 6.70. The molecule has 0 radical (unpaired) electrons. The summed E-state index contributed by atoms with van der Waals surface area (Å²) < 4.78 is 18.6. The highest BCUT2D eigenvalue weighted by molar-refractivity contribution is 5.95. The molecule has 0 saturated carbocycles. The van der Waals surface area contributed by atoms with Crippen LogP contribution >= 0.6 is 0 Å². The zero-order valence-electron chi connectivity index (χ0n) is 16.0. The van der Waals surface area contributed by atoms with Crippen molar-refractivity contribution >= 4 is 5.91 Å². The van der Waals surface area contributed by atoms with Gasteiger partial charge in [0.05, 0.1) is 0 Å². The fourth-order valence-electron chi connectivity index (χ4n) is 3.15. The monoisotopic (exact) mass is 396 g/mol. The molecule has 0 bridgehead atoms. The van der Waals surface area contributed by atoms with Crippen LogP contribution in [-0.4, -0.2) is 33.8 Å². The Balaban J connectivity index is 1.46. The summed E-state index contributed by atoms with van der Waals surface area (Å²) in [6.07, 6.45) is 1.38. The number of aromatic nitrogens is 3. The second kappa shape index (κ2) is 7.78. The lowest BCUT2D eigenvalue weighted by molar-refractivity contribution is 0.0721. The van der Waals surface area contributed by atoms with Crippen LogP contribution in [0.3, 0.4) is 0 Å². The molecule has 1 aliphatic rings. The van der Waals surface area contributed by atoms with E-state index in [0.717, 1.165) is 5.82 Å². The topological polar surface area (TPSA) is 108 Å². The molecule has 1 aromatic carbocycles. The van der Waals surface area contributed by atoms with Crippen molar-refractivity contribution in [3.05, 3.63) is 69.8 Å². The third-order valence-electron chi connectivity index (χ3n) is 4.66. The third-order valence-corrected chi connectivity index (χ3v) is 4.66. The second-order valence-electron chi connectivity index (χ2n) is 6.66. The molecule has 4 rings (SSSR count). The first-order chi connectivity index (χ1) is 14.0. The molecule has 9 heteroatoms. The molecule has 1 N–H and O–H groups in total. The lowest BCUT2D eigenvalue weighted by Crippen LogP contribution is -2.32. The standard InChI is InChI=1S/C20H20N4O5/c1-12-9-15(16-10-27-13-5-3-4-6-14(13)28-16)29-20(26)18(12)19(25)21-8-7-17-22-11-23-24(17)2/h3-6,9,11,16H,7-8,10H2,1-2H3,(H,21,25). The fourth-order valence-corrected chi connectivity index (χ4v) is 3.15. The van der Waals surface area contributed by atoms with Crippen LogP contribution in [0.15, 0.2) is 45.9 Å². The largest absolute Gasteiger partial charge is 0.485 e. The third kappa shape index (κ3) is 3.84. The minimum atomic E-state index is -0.710. The molecule has 1 unspecified atom stereocenters. The summed E-state index contributed by atoms with van der Waals surface area (Å²) in [4.78, 5) is 29.1. The molecule has 2 aromatic heterocycles. The van der Waals surface area contributed by atoms with Crippen LogP contribution in [0.5, 0.6) is 11.5 Å². The van der Waals surface area contributed by atoms with E-state index in [0.29, 0.717) is 35.8 Å². The molecule has 0 spiro atoms. The number of nitrogens with one attached hydrogen (secondary N) is 1. The van der Waals surface area contributed by atoms with E-state index in [1.165, 1.54) is 6.33 Å². The van der Waals surface area contributed by atoms with E-state index in [4.69, 9.17) is 13.9 Å². The van der Waals surface area contributed by atoms with Crippen LogP contribution in [-0.2, 0) is 13.5 Å². The van der Waals surface area contributed by atoms with Gasteiger partial charge in [-0.1, -0.05) is 12.1 Å². The van der Waals surface area contributed by atoms with Crippen LogP contribution in [0.1, 0.15) is 33.6 Å². The van der Waals surface area contributed by atoms with E-state index < -0.39 is 17.6 Å². The maximum absolute atomic E-state index is 12.5. The quantitative estimate of drug-likeness (QED) is 0.697. The Morgan fingerprint density at radius 1 is 1.31 bits per heavy atom. The van der Waals surface area contributed by atoms with Gasteiger partial charge in [-0.2, -0.15) is 5.10 Å². The molecule has 9 nitrogen and oxygen atoms in total. The summed E-state index contributed by atoms with van der Waals surface area (Å²) in [6.45, 7) is 2.22. The highest BCUT2D eigenvalue weighted by Crippen LogP contribution is 2.35. The van der Waals surface area contributed by atoms with Crippen LogP contribution in [0.25, 0.3) is 0 Å². The van der Waals surface area contributed by atoms with E-state index in [1.807, 2.05) is 12.1 Å². The van der Waals surface area contributed by atoms with Crippen molar-refractivity contribution in [2.24, 2.45) is 7.05 Å². The molecule has 1 atom stereocenters. The normalized spacial score (nSPS) is 15.2. The van der Waals surface area contributed by atoms with Gasteiger partial charge in [-0.3, -0.25) is 9.48 Å². The summed E-state index contributed by atoms with van der Waals surface area (Å²) in [6, 6.07) is 8.92. The zero-order chi connectivity index (χ0) is 20.4. The van der Waals surface area contributed by atoms with E-state index >= 15 is 0 Å². The van der Waals surface area contributed by atoms with Gasteiger partial charge in [0, 0.05) is 20.0 Å². The average molecular weight is 396 g/mol. The van der Waals surface area contributed by atoms with Gasteiger partial charge in [-0.25, -0.2) is 9.78 Å². The van der Waals surface area contributed by atoms with Gasteiger partial charge in [0.2, 0.25) is 0 Å². The van der Waals surface area contributed by atoms with Gasteiger partial charge >= 0.3 is 5.63 Å². The van der Waals surface area contributed by atoms with Crippen molar-refractivity contribution in [2.75, 3.05) is 13.2 Å². The van der Waals surface area contributed by atoms with Gasteiger partial charge in [0.25, 0.3) is 5.91 Å². The molecule has 0 saturated heterocycles. The maximum atomic E-state index is 12.5. The number of benzene rings is 1. The number of para-hydroxylation sites is 2. The van der Waals surface area contributed by atoms with Crippen molar-refractivity contribution in [1.82, 2.24) is 20.1 Å². The number of rotatable bonds is 5. The molecule has 1 amide bonds. The number of fused-ring (bicyclic) bond motifs is 1. The lowest BCUT2D eigenvalue weighted by Gasteiger charge is -2.25. The second-order valence-corrected chi connectivity index (χ2v) is 6.66. The van der Waals surface area contributed by atoms with Crippen molar-refractivity contribution in [2.45, 2.75) is 19.4 Å². The minimum absolute atomic E-state index is 0.0242. The Bertz CT molecular complexity index is 1100. The lowest BCUT2D eigenvalue weighted by atomic mass is 10.1. The van der Waals surface area contributed by atoms with Gasteiger partial charge < -0.3 is 19.2 Å². The van der Waals surface area contributed by atoms with Crippen molar-refractivity contribution < 1.29 is 18.7 Å². The molecule has 3 aromatic rings. The number of hydrogen-bond donors (Lipinski definition) is 1. The van der Waals surface area contributed by atoms with Crippen LogP contribution < -0.4 is 20.4 Å². The van der Waals surface area contributed by atoms with Crippen LogP contribution in [0, 0.1) is 6.92 Å². The number of hydrogen-bond acceptors (Lipinski definition) is 7. The van der Waals surface area contributed by atoms with Crippen molar-refractivity contribution in [1.29, 1.82) is 0 Å². The first kappa shape index (κ1) is 18.7. The Kier molecular flexibility index (Phi) is 5.03. The Morgan fingerprint density at radius 3 is 2.83 bits per heavy atom. The Morgan fingerprint density at radius 2 is 2.10 bits per heavy atom. The van der Waals surface area contributed by atoms with Crippen molar-refractivity contribution in [3.8, 4) is 11.5 Å². The number of ether oxygens (including phenoxy) is 2. The summed E-state index contributed by atoms with van der Waals surface area (Å²) in [5.41, 5.74) is -0.225. The number of aryl methyl sites for hydroxylation is 2. The summed E-state index contributed by atoms with van der Waals surface area (Å²) >= 11 is 0. The SMILES string of the molecule is Cc1cc(C2COc3ccccc3O2)oc(=O)c1C(=O)NCCc1ncnn1C. The number of amides is 1. The molecule has 3 heterocycles. The van der Waals surface area contributed by atoms with Gasteiger partial charge in [0.1, 0.15) is 24.3 Å². The molecule has 150 valence electrons. The summed E-state index contributed by atoms with van der Waals surface area (Å²) in [5.74, 6) is 1.78. The first-order valence-electron chi connectivity index (χ1n) is 9.17. The smallest absolute Gasteiger partial charge is 0.349 e. The fraction of sp³-hybridized carbons (Fsp3) is 0.300. The predicted molar refractivity (Wildman–Crippen MR) is 102 cm³/mol. The average Bonchev–Trinajstić information content (AvgIpc) is 3.12. The molecular formula is C20H20N4O5. The van der Waals surface area contributed by atoms with Crippen molar-refractivity contribution in [3.63, 3.8) is 0 Å². The molecule has 29 heavy (non-hydrogen) atoms. The highest BCUT2D eigenvalue weighted by atomic mass is 16.6. The van der Waals surface area contributed by atoms with E-state index in [2.05, 4.69) is 15.4 Å². The highest BCUT2D eigenvalue weighted by Gasteiger charge is 2.27. The van der Waals surface area contributed by atoms with Gasteiger partial charge in [-0.05, 0) is 30.7 Å². The minimum Gasteiger partial charge on any atom is -0.485 e. The molecule has 0 aliphatic carbocycles. The van der Waals surface area contributed by atoms with E-state index in [-0.39, 0.29) is 12.2 Å². The van der Waals surface area contributed by atoms with Gasteiger partial charge in [0.15, 0.2) is 23.4 Å². The van der Waals surface area contributed by atoms with E-state index in [1.54, 1.807) is 36.9 Å². The Labute approximate surface area is 166 Å². The Hall–Kier alpha value is -3.62. The van der Waals surface area contributed by atoms with E-state index in [9.17, 15) is 9.59 Å². The first-order valence-corrected chi connectivity index (χ1v) is 9.17. The predicted octanol–water partition coefficient (Wildman–Crippen LogP) is 1.56. The number of nitrogens with zero attached hydrogens (tertiary/aromatic N) is 3. The molecular weight excluding hydrogens is 376 g/mol. The molecule has 1 aliphatic heterocycles. The van der Waals surface area contributed by atoms with Crippen LogP contribution in [0.4, 0.5) is 0 Å². The number of carbonyl (C=O) groups is 1. The van der Waals surface area contributed by atoms with Gasteiger partial charge in [-0.15, -0.1) is 0 Å².